The molecule has 3 heterocycles. The standard InChI is InChI=1S/C25H24Cl2N4O2/c1-30(2)7-8-31-13-21(19-5-3-15(11-22(19)31)20-12-28-29-25(20)27)24(32)17-9-16-10-18(26)4-6-23(16)33-14-17/h3-6,10-13,17H,7-9,14H2,1-2H3,(H,28,29)/t17-/m1/s1. The molecule has 5 rings (SSSR count). The molecule has 0 aliphatic carbocycles. The summed E-state index contributed by atoms with van der Waals surface area (Å²) in [6, 6.07) is 11.6. The minimum absolute atomic E-state index is 0.0864. The third-order valence-electron chi connectivity index (χ3n) is 6.14. The van der Waals surface area contributed by atoms with E-state index in [4.69, 9.17) is 27.9 Å². The molecule has 0 bridgehead atoms. The molecule has 1 atom stereocenters. The van der Waals surface area contributed by atoms with Crippen molar-refractivity contribution >= 4 is 39.9 Å². The number of Topliss-reactive ketones (excluding diaryl/α,β-unsaturated/α-hetero) is 1. The van der Waals surface area contributed by atoms with Crippen LogP contribution < -0.4 is 4.74 Å². The summed E-state index contributed by atoms with van der Waals surface area (Å²) in [5.41, 5.74) is 4.47. The van der Waals surface area contributed by atoms with Crippen molar-refractivity contribution in [1.29, 1.82) is 0 Å². The average Bonchev–Trinajstić information content (AvgIpc) is 3.39. The van der Waals surface area contributed by atoms with Gasteiger partial charge in [0.05, 0.1) is 12.5 Å². The van der Waals surface area contributed by atoms with E-state index in [-0.39, 0.29) is 11.7 Å². The minimum Gasteiger partial charge on any atom is -0.493 e. The van der Waals surface area contributed by atoms with Crippen LogP contribution in [0.4, 0.5) is 0 Å². The number of fused-ring (bicyclic) bond motifs is 2. The molecule has 1 aliphatic heterocycles. The number of ether oxygens (including phenoxy) is 1. The zero-order valence-corrected chi connectivity index (χ0v) is 20.0. The van der Waals surface area contributed by atoms with Gasteiger partial charge in [-0.25, -0.2) is 0 Å². The Kier molecular flexibility index (Phi) is 5.91. The van der Waals surface area contributed by atoms with Crippen LogP contribution in [0.2, 0.25) is 10.2 Å². The molecule has 6 nitrogen and oxygen atoms in total. The van der Waals surface area contributed by atoms with E-state index in [0.717, 1.165) is 46.4 Å². The first kappa shape index (κ1) is 22.0. The van der Waals surface area contributed by atoms with Gasteiger partial charge in [-0.05, 0) is 55.9 Å². The van der Waals surface area contributed by atoms with Crippen LogP contribution in [-0.2, 0) is 13.0 Å². The summed E-state index contributed by atoms with van der Waals surface area (Å²) in [6.07, 6.45) is 4.37. The quantitative estimate of drug-likeness (QED) is 0.377. The average molecular weight is 483 g/mol. The van der Waals surface area contributed by atoms with Crippen molar-refractivity contribution in [2.45, 2.75) is 13.0 Å². The SMILES string of the molecule is CN(C)CCn1cc(C(=O)[C@H]2COc3ccc(Cl)cc3C2)c2ccc(-c3c[nH]nc3Cl)cc21. The fourth-order valence-corrected chi connectivity index (χ4v) is 4.78. The number of carbonyl (C=O) groups excluding carboxylic acids is 1. The van der Waals surface area contributed by atoms with Crippen LogP contribution in [0.5, 0.6) is 5.75 Å². The lowest BCUT2D eigenvalue weighted by atomic mass is 9.89. The normalized spacial score (nSPS) is 15.6. The first-order valence-electron chi connectivity index (χ1n) is 10.8. The van der Waals surface area contributed by atoms with Gasteiger partial charge in [0.1, 0.15) is 5.75 Å². The first-order chi connectivity index (χ1) is 15.9. The van der Waals surface area contributed by atoms with E-state index in [2.05, 4.69) is 25.7 Å². The molecule has 0 unspecified atom stereocenters. The molecular weight excluding hydrogens is 459 g/mol. The Labute approximate surface area is 202 Å². The Balaban J connectivity index is 1.53. The Bertz CT molecular complexity index is 1340. The number of hydrogen-bond acceptors (Lipinski definition) is 4. The smallest absolute Gasteiger partial charge is 0.171 e. The number of hydrogen-bond donors (Lipinski definition) is 1. The third-order valence-corrected chi connectivity index (χ3v) is 6.66. The summed E-state index contributed by atoms with van der Waals surface area (Å²) < 4.78 is 8.04. The van der Waals surface area contributed by atoms with Crippen molar-refractivity contribution < 1.29 is 9.53 Å². The molecule has 33 heavy (non-hydrogen) atoms. The van der Waals surface area contributed by atoms with Crippen LogP contribution in [0.15, 0.2) is 48.8 Å². The maximum absolute atomic E-state index is 13.7. The summed E-state index contributed by atoms with van der Waals surface area (Å²) in [6.45, 7) is 1.98. The van der Waals surface area contributed by atoms with Gasteiger partial charge in [-0.15, -0.1) is 0 Å². The number of nitrogens with zero attached hydrogens (tertiary/aromatic N) is 3. The molecule has 1 aliphatic rings. The third kappa shape index (κ3) is 4.26. The number of H-pyrrole nitrogens is 1. The fraction of sp³-hybridized carbons (Fsp3) is 0.280. The maximum Gasteiger partial charge on any atom is 0.171 e. The largest absolute Gasteiger partial charge is 0.493 e. The predicted octanol–water partition coefficient (Wildman–Crippen LogP) is 5.33. The van der Waals surface area contributed by atoms with Gasteiger partial charge in [-0.2, -0.15) is 5.10 Å². The zero-order valence-electron chi connectivity index (χ0n) is 18.4. The molecule has 170 valence electrons. The van der Waals surface area contributed by atoms with Gasteiger partial charge in [0.2, 0.25) is 0 Å². The minimum atomic E-state index is -0.258. The Morgan fingerprint density at radius 2 is 2.09 bits per heavy atom. The van der Waals surface area contributed by atoms with E-state index < -0.39 is 0 Å². The number of halogens is 2. The summed E-state index contributed by atoms with van der Waals surface area (Å²) in [5.74, 6) is 0.633. The van der Waals surface area contributed by atoms with Gasteiger partial charge >= 0.3 is 0 Å². The van der Waals surface area contributed by atoms with Crippen molar-refractivity contribution in [1.82, 2.24) is 19.7 Å². The van der Waals surface area contributed by atoms with Gasteiger partial charge in [0.25, 0.3) is 0 Å². The number of likely N-dealkylation sites (N-methyl/N-ethyl adjacent to an activating group) is 1. The Hall–Kier alpha value is -2.80. The lowest BCUT2D eigenvalue weighted by Crippen LogP contribution is -2.28. The number of benzene rings is 2. The monoisotopic (exact) mass is 482 g/mol. The van der Waals surface area contributed by atoms with Crippen molar-refractivity contribution in [3.8, 4) is 16.9 Å². The molecule has 2 aromatic heterocycles. The van der Waals surface area contributed by atoms with Gasteiger partial charge in [0.15, 0.2) is 10.9 Å². The molecule has 0 spiro atoms. The Morgan fingerprint density at radius 3 is 2.85 bits per heavy atom. The lowest BCUT2D eigenvalue weighted by molar-refractivity contribution is 0.0856. The molecule has 0 radical (unpaired) electrons. The van der Waals surface area contributed by atoms with E-state index >= 15 is 0 Å². The highest BCUT2D eigenvalue weighted by Gasteiger charge is 2.29. The maximum atomic E-state index is 13.7. The number of nitrogens with one attached hydrogen (secondary N) is 1. The van der Waals surface area contributed by atoms with E-state index in [1.807, 2.05) is 50.6 Å². The number of ketones is 1. The molecule has 4 aromatic rings. The fourth-order valence-electron chi connectivity index (χ4n) is 4.38. The van der Waals surface area contributed by atoms with E-state index in [0.29, 0.717) is 28.8 Å². The van der Waals surface area contributed by atoms with E-state index in [1.165, 1.54) is 0 Å². The summed E-state index contributed by atoms with van der Waals surface area (Å²) in [5, 5.41) is 8.83. The topological polar surface area (TPSA) is 63.1 Å². The van der Waals surface area contributed by atoms with Crippen LogP contribution in [0.25, 0.3) is 22.0 Å². The van der Waals surface area contributed by atoms with Gasteiger partial charge in [-0.1, -0.05) is 35.3 Å². The highest BCUT2D eigenvalue weighted by atomic mass is 35.5. The van der Waals surface area contributed by atoms with Crippen molar-refractivity contribution in [3.63, 3.8) is 0 Å². The number of aromatic amines is 1. The second kappa shape index (κ2) is 8.86. The molecule has 0 saturated carbocycles. The van der Waals surface area contributed by atoms with Crippen molar-refractivity contribution in [2.24, 2.45) is 5.92 Å². The highest BCUT2D eigenvalue weighted by Crippen LogP contribution is 2.35. The van der Waals surface area contributed by atoms with Crippen LogP contribution in [0.3, 0.4) is 0 Å². The van der Waals surface area contributed by atoms with E-state index in [1.54, 1.807) is 6.20 Å². The van der Waals surface area contributed by atoms with Crippen molar-refractivity contribution in [3.05, 3.63) is 70.1 Å². The summed E-state index contributed by atoms with van der Waals surface area (Å²) in [7, 11) is 4.08. The van der Waals surface area contributed by atoms with Gasteiger partial charge < -0.3 is 14.2 Å². The first-order valence-corrected chi connectivity index (χ1v) is 11.6. The summed E-state index contributed by atoms with van der Waals surface area (Å²) in [4.78, 5) is 15.8. The van der Waals surface area contributed by atoms with Gasteiger partial charge in [-0.3, -0.25) is 9.89 Å². The number of aromatic nitrogens is 3. The highest BCUT2D eigenvalue weighted by molar-refractivity contribution is 6.32. The number of carbonyl (C=O) groups is 1. The predicted molar refractivity (Wildman–Crippen MR) is 132 cm³/mol. The number of rotatable bonds is 6. The molecule has 0 fully saturated rings. The lowest BCUT2D eigenvalue weighted by Gasteiger charge is -2.24. The molecule has 0 amide bonds. The molecule has 2 aromatic carbocycles. The van der Waals surface area contributed by atoms with Crippen LogP contribution in [0, 0.1) is 5.92 Å². The molecule has 0 saturated heterocycles. The van der Waals surface area contributed by atoms with Gasteiger partial charge in [0, 0.05) is 52.5 Å². The molecule has 1 N–H and O–H groups in total. The van der Waals surface area contributed by atoms with Crippen LogP contribution in [0.1, 0.15) is 15.9 Å². The second-order valence-electron chi connectivity index (χ2n) is 8.69. The van der Waals surface area contributed by atoms with Crippen LogP contribution >= 0.6 is 23.2 Å². The molecular formula is C25H24Cl2N4O2. The molecule has 8 heteroatoms. The van der Waals surface area contributed by atoms with Crippen molar-refractivity contribution in [2.75, 3.05) is 27.2 Å². The van der Waals surface area contributed by atoms with Crippen LogP contribution in [-0.4, -0.2) is 52.7 Å². The Morgan fingerprint density at radius 1 is 1.24 bits per heavy atom. The summed E-state index contributed by atoms with van der Waals surface area (Å²) >= 11 is 12.4. The zero-order chi connectivity index (χ0) is 23.1. The van der Waals surface area contributed by atoms with E-state index in [9.17, 15) is 4.79 Å². The second-order valence-corrected chi connectivity index (χ2v) is 9.48.